The molecule has 1 heterocycles. The van der Waals surface area contributed by atoms with Gasteiger partial charge in [-0.15, -0.1) is 11.3 Å². The smallest absolute Gasteiger partial charge is 0.123 e. The topological polar surface area (TPSA) is 38.9 Å². The summed E-state index contributed by atoms with van der Waals surface area (Å²) >= 11 is 1.71. The van der Waals surface area contributed by atoms with E-state index in [0.717, 1.165) is 30.1 Å². The van der Waals surface area contributed by atoms with Crippen molar-refractivity contribution in [3.8, 4) is 10.6 Å². The van der Waals surface area contributed by atoms with Gasteiger partial charge in [-0.1, -0.05) is 36.4 Å². The molecular formula is C16H16N2S. The van der Waals surface area contributed by atoms with Gasteiger partial charge in [0.15, 0.2) is 0 Å². The van der Waals surface area contributed by atoms with Crippen molar-refractivity contribution < 1.29 is 0 Å². The van der Waals surface area contributed by atoms with Crippen LogP contribution >= 0.6 is 11.3 Å². The number of benzene rings is 2. The zero-order valence-electron chi connectivity index (χ0n) is 10.7. The molecule has 0 radical (unpaired) electrons. The number of rotatable bonds is 4. The molecule has 0 aliphatic carbocycles. The van der Waals surface area contributed by atoms with Crippen LogP contribution in [0.5, 0.6) is 0 Å². The molecule has 0 saturated heterocycles. The first-order chi connectivity index (χ1) is 9.36. The van der Waals surface area contributed by atoms with Gasteiger partial charge in [0.2, 0.25) is 0 Å². The highest BCUT2D eigenvalue weighted by Crippen LogP contribution is 2.27. The van der Waals surface area contributed by atoms with Gasteiger partial charge < -0.3 is 5.73 Å². The first kappa shape index (κ1) is 12.3. The Morgan fingerprint density at radius 1 is 1.05 bits per heavy atom. The molecule has 0 atom stereocenters. The largest absolute Gasteiger partial charge is 0.330 e. The summed E-state index contributed by atoms with van der Waals surface area (Å²) in [7, 11) is 0. The van der Waals surface area contributed by atoms with Crippen molar-refractivity contribution in [2.24, 2.45) is 5.73 Å². The van der Waals surface area contributed by atoms with Crippen molar-refractivity contribution in [1.82, 2.24) is 4.98 Å². The van der Waals surface area contributed by atoms with Crippen molar-refractivity contribution in [2.75, 3.05) is 6.54 Å². The van der Waals surface area contributed by atoms with Crippen LogP contribution in [0.1, 0.15) is 12.1 Å². The van der Waals surface area contributed by atoms with E-state index in [9.17, 15) is 0 Å². The molecule has 19 heavy (non-hydrogen) atoms. The molecule has 3 aromatic rings. The summed E-state index contributed by atoms with van der Waals surface area (Å²) < 4.78 is 0. The fourth-order valence-corrected chi connectivity index (χ4v) is 3.01. The fourth-order valence-electron chi connectivity index (χ4n) is 2.16. The summed E-state index contributed by atoms with van der Waals surface area (Å²) in [6, 6.07) is 14.9. The van der Waals surface area contributed by atoms with Gasteiger partial charge in [-0.25, -0.2) is 4.98 Å². The minimum absolute atomic E-state index is 0.725. The Morgan fingerprint density at radius 3 is 2.74 bits per heavy atom. The normalized spacial score (nSPS) is 11.0. The van der Waals surface area contributed by atoms with Crippen molar-refractivity contribution in [3.05, 3.63) is 53.5 Å². The fraction of sp³-hybridized carbons (Fsp3) is 0.188. The van der Waals surface area contributed by atoms with Gasteiger partial charge in [0.05, 0.1) is 5.69 Å². The molecule has 0 fully saturated rings. The first-order valence-corrected chi connectivity index (χ1v) is 7.38. The maximum atomic E-state index is 5.53. The Bertz CT molecular complexity index is 688. The van der Waals surface area contributed by atoms with Crippen LogP contribution in [0.4, 0.5) is 0 Å². The summed E-state index contributed by atoms with van der Waals surface area (Å²) in [5.41, 5.74) is 7.88. The van der Waals surface area contributed by atoms with Gasteiger partial charge in [-0.3, -0.25) is 0 Å². The molecule has 96 valence electrons. The minimum Gasteiger partial charge on any atom is -0.330 e. The third-order valence-electron chi connectivity index (χ3n) is 3.19. The van der Waals surface area contributed by atoms with Crippen LogP contribution in [-0.4, -0.2) is 11.5 Å². The average Bonchev–Trinajstić information content (AvgIpc) is 2.93. The highest BCUT2D eigenvalue weighted by molar-refractivity contribution is 7.13. The van der Waals surface area contributed by atoms with Crippen molar-refractivity contribution in [3.63, 3.8) is 0 Å². The lowest BCUT2D eigenvalue weighted by atomic mass is 10.1. The molecule has 2 aromatic carbocycles. The number of aromatic nitrogens is 1. The lowest BCUT2D eigenvalue weighted by Gasteiger charge is -2.00. The van der Waals surface area contributed by atoms with E-state index < -0.39 is 0 Å². The standard InChI is InChI=1S/C16H16N2S/c17-9-3-6-15-11-19-16(18-15)14-8-7-12-4-1-2-5-13(12)10-14/h1-2,4-5,7-8,10-11H,3,6,9,17H2. The number of nitrogens with zero attached hydrogens (tertiary/aromatic N) is 1. The molecule has 0 bridgehead atoms. The molecule has 0 saturated carbocycles. The predicted molar refractivity (Wildman–Crippen MR) is 82.4 cm³/mol. The lowest BCUT2D eigenvalue weighted by Crippen LogP contribution is -2.00. The van der Waals surface area contributed by atoms with E-state index >= 15 is 0 Å². The highest BCUT2D eigenvalue weighted by atomic mass is 32.1. The summed E-state index contributed by atoms with van der Waals surface area (Å²) in [6.45, 7) is 0.725. The van der Waals surface area contributed by atoms with E-state index in [1.54, 1.807) is 11.3 Å². The molecule has 0 unspecified atom stereocenters. The number of hydrogen-bond acceptors (Lipinski definition) is 3. The Balaban J connectivity index is 1.92. The molecule has 3 heteroatoms. The minimum atomic E-state index is 0.725. The number of nitrogens with two attached hydrogens (primary N) is 1. The van der Waals surface area contributed by atoms with Crippen LogP contribution in [-0.2, 0) is 6.42 Å². The first-order valence-electron chi connectivity index (χ1n) is 6.50. The number of aryl methyl sites for hydroxylation is 1. The lowest BCUT2D eigenvalue weighted by molar-refractivity contribution is 0.816. The molecule has 3 rings (SSSR count). The Labute approximate surface area is 116 Å². The SMILES string of the molecule is NCCCc1csc(-c2ccc3ccccc3c2)n1. The van der Waals surface area contributed by atoms with E-state index in [-0.39, 0.29) is 0 Å². The molecule has 2 N–H and O–H groups in total. The summed E-state index contributed by atoms with van der Waals surface area (Å²) in [5, 5.41) is 5.77. The third kappa shape index (κ3) is 2.67. The monoisotopic (exact) mass is 268 g/mol. The number of fused-ring (bicyclic) bond motifs is 1. The zero-order valence-corrected chi connectivity index (χ0v) is 11.5. The van der Waals surface area contributed by atoms with Crippen molar-refractivity contribution >= 4 is 22.1 Å². The summed E-state index contributed by atoms with van der Waals surface area (Å²) in [6.07, 6.45) is 1.97. The quantitative estimate of drug-likeness (QED) is 0.780. The molecule has 0 aliphatic heterocycles. The molecule has 2 nitrogen and oxygen atoms in total. The Kier molecular flexibility index (Phi) is 3.58. The van der Waals surface area contributed by atoms with Crippen LogP contribution in [0, 0.1) is 0 Å². The van der Waals surface area contributed by atoms with E-state index in [2.05, 4.69) is 52.8 Å². The van der Waals surface area contributed by atoms with Gasteiger partial charge in [0.25, 0.3) is 0 Å². The predicted octanol–water partition coefficient (Wildman–Crippen LogP) is 3.85. The van der Waals surface area contributed by atoms with Crippen LogP contribution in [0.25, 0.3) is 21.3 Å². The zero-order chi connectivity index (χ0) is 13.1. The Hall–Kier alpha value is -1.71. The van der Waals surface area contributed by atoms with Gasteiger partial charge in [0.1, 0.15) is 5.01 Å². The van der Waals surface area contributed by atoms with Crippen LogP contribution in [0.15, 0.2) is 47.8 Å². The van der Waals surface area contributed by atoms with E-state index in [0.29, 0.717) is 0 Å². The number of thiazole rings is 1. The van der Waals surface area contributed by atoms with Crippen molar-refractivity contribution in [2.45, 2.75) is 12.8 Å². The number of hydrogen-bond donors (Lipinski definition) is 1. The van der Waals surface area contributed by atoms with Crippen LogP contribution in [0.2, 0.25) is 0 Å². The van der Waals surface area contributed by atoms with Crippen molar-refractivity contribution in [1.29, 1.82) is 0 Å². The molecule has 0 aliphatic rings. The Morgan fingerprint density at radius 2 is 1.89 bits per heavy atom. The molecule has 0 spiro atoms. The maximum Gasteiger partial charge on any atom is 0.123 e. The van der Waals surface area contributed by atoms with E-state index in [1.807, 2.05) is 0 Å². The molecule has 1 aromatic heterocycles. The van der Waals surface area contributed by atoms with Gasteiger partial charge in [0, 0.05) is 10.9 Å². The maximum absolute atomic E-state index is 5.53. The van der Waals surface area contributed by atoms with Gasteiger partial charge >= 0.3 is 0 Å². The summed E-state index contributed by atoms with van der Waals surface area (Å²) in [5.74, 6) is 0. The summed E-state index contributed by atoms with van der Waals surface area (Å²) in [4.78, 5) is 4.69. The highest BCUT2D eigenvalue weighted by Gasteiger charge is 2.05. The third-order valence-corrected chi connectivity index (χ3v) is 4.13. The second-order valence-electron chi connectivity index (χ2n) is 4.60. The van der Waals surface area contributed by atoms with Crippen LogP contribution < -0.4 is 5.73 Å². The second-order valence-corrected chi connectivity index (χ2v) is 5.46. The second kappa shape index (κ2) is 5.51. The van der Waals surface area contributed by atoms with Gasteiger partial charge in [-0.05, 0) is 36.2 Å². The van der Waals surface area contributed by atoms with Crippen LogP contribution in [0.3, 0.4) is 0 Å². The van der Waals surface area contributed by atoms with E-state index in [4.69, 9.17) is 5.73 Å². The average molecular weight is 268 g/mol. The molecular weight excluding hydrogens is 252 g/mol. The molecule has 0 amide bonds. The van der Waals surface area contributed by atoms with E-state index in [1.165, 1.54) is 16.3 Å². The van der Waals surface area contributed by atoms with Gasteiger partial charge in [-0.2, -0.15) is 0 Å².